The zero-order chi connectivity index (χ0) is 15.0. The molecule has 3 heterocycles. The Morgan fingerprint density at radius 1 is 1.43 bits per heavy atom. The Kier molecular flexibility index (Phi) is 4.02. The number of piperidine rings is 1. The molecule has 2 saturated heterocycles. The van der Waals surface area contributed by atoms with Gasteiger partial charge in [-0.05, 0) is 26.2 Å². The molecule has 0 radical (unpaired) electrons. The van der Waals surface area contributed by atoms with Crippen molar-refractivity contribution >= 4 is 10.0 Å². The van der Waals surface area contributed by atoms with E-state index in [0.29, 0.717) is 31.3 Å². The minimum Gasteiger partial charge on any atom is -0.376 e. The molecule has 0 bridgehead atoms. The van der Waals surface area contributed by atoms with Crippen LogP contribution in [0.5, 0.6) is 0 Å². The highest BCUT2D eigenvalue weighted by Crippen LogP contribution is 2.37. The van der Waals surface area contributed by atoms with Crippen LogP contribution < -0.4 is 0 Å². The van der Waals surface area contributed by atoms with Crippen LogP contribution in [0.15, 0.2) is 4.52 Å². The smallest absolute Gasteiger partial charge is 0.231 e. The van der Waals surface area contributed by atoms with Crippen LogP contribution >= 0.6 is 0 Å². The van der Waals surface area contributed by atoms with Gasteiger partial charge in [0.15, 0.2) is 5.82 Å². The van der Waals surface area contributed by atoms with E-state index < -0.39 is 10.0 Å². The van der Waals surface area contributed by atoms with Gasteiger partial charge < -0.3 is 9.26 Å². The Balaban J connectivity index is 1.87. The molecule has 1 aromatic rings. The number of rotatable bonds is 4. The van der Waals surface area contributed by atoms with Crippen molar-refractivity contribution in [2.75, 3.05) is 18.9 Å². The number of nitrogens with zero attached hydrogens (tertiary/aromatic N) is 3. The summed E-state index contributed by atoms with van der Waals surface area (Å²) in [5.74, 6) is 1.17. The summed E-state index contributed by atoms with van der Waals surface area (Å²) in [4.78, 5) is 4.26. The van der Waals surface area contributed by atoms with E-state index in [2.05, 4.69) is 10.1 Å². The molecular formula is C13H21N3O4S. The number of ether oxygens (including phenoxy) is 1. The van der Waals surface area contributed by atoms with Gasteiger partial charge in [0.25, 0.3) is 0 Å². The molecule has 0 N–H and O–H groups in total. The van der Waals surface area contributed by atoms with Crippen molar-refractivity contribution in [2.24, 2.45) is 0 Å². The minimum absolute atomic E-state index is 0.0400. The van der Waals surface area contributed by atoms with Gasteiger partial charge in [-0.25, -0.2) is 8.42 Å². The third-order valence-corrected chi connectivity index (χ3v) is 6.23. The van der Waals surface area contributed by atoms with E-state index in [-0.39, 0.29) is 23.8 Å². The second-order valence-corrected chi connectivity index (χ2v) is 7.80. The lowest BCUT2D eigenvalue weighted by Crippen LogP contribution is -2.51. The lowest BCUT2D eigenvalue weighted by atomic mass is 9.92. The van der Waals surface area contributed by atoms with Gasteiger partial charge in [0.05, 0.1) is 23.8 Å². The summed E-state index contributed by atoms with van der Waals surface area (Å²) in [6, 6.07) is -0.0400. The van der Waals surface area contributed by atoms with Crippen molar-refractivity contribution in [2.45, 2.75) is 51.2 Å². The van der Waals surface area contributed by atoms with Crippen molar-refractivity contribution in [3.8, 4) is 0 Å². The molecular weight excluding hydrogens is 294 g/mol. The molecule has 0 amide bonds. The third kappa shape index (κ3) is 2.84. The fraction of sp³-hybridized carbons (Fsp3) is 0.846. The number of sulfonamides is 1. The SMILES string of the molecule is CCCS(=O)(=O)N1C[C@@H](c2nc(C)no2)C[C@@H]2OCC[C@@H]21. The Morgan fingerprint density at radius 2 is 2.24 bits per heavy atom. The van der Waals surface area contributed by atoms with E-state index in [4.69, 9.17) is 9.26 Å². The van der Waals surface area contributed by atoms with Crippen LogP contribution in [-0.2, 0) is 14.8 Å². The second kappa shape index (κ2) is 5.66. The average molecular weight is 315 g/mol. The van der Waals surface area contributed by atoms with E-state index in [9.17, 15) is 8.42 Å². The minimum atomic E-state index is -3.26. The van der Waals surface area contributed by atoms with Gasteiger partial charge in [0.2, 0.25) is 15.9 Å². The second-order valence-electron chi connectivity index (χ2n) is 5.76. The van der Waals surface area contributed by atoms with E-state index in [1.807, 2.05) is 6.92 Å². The predicted molar refractivity (Wildman–Crippen MR) is 75.3 cm³/mol. The maximum absolute atomic E-state index is 12.5. The van der Waals surface area contributed by atoms with Crippen LogP contribution in [0.3, 0.4) is 0 Å². The number of aromatic nitrogens is 2. The first-order valence-corrected chi connectivity index (χ1v) is 9.03. The summed E-state index contributed by atoms with van der Waals surface area (Å²) < 4.78 is 37.6. The first-order valence-electron chi connectivity index (χ1n) is 7.42. The van der Waals surface area contributed by atoms with Crippen molar-refractivity contribution < 1.29 is 17.7 Å². The van der Waals surface area contributed by atoms with E-state index in [1.54, 1.807) is 11.2 Å². The summed E-state index contributed by atoms with van der Waals surface area (Å²) in [6.45, 7) is 4.66. The maximum atomic E-state index is 12.5. The van der Waals surface area contributed by atoms with Gasteiger partial charge in [-0.1, -0.05) is 12.1 Å². The molecule has 0 spiro atoms. The maximum Gasteiger partial charge on any atom is 0.231 e. The summed E-state index contributed by atoms with van der Waals surface area (Å²) in [5, 5.41) is 3.81. The highest BCUT2D eigenvalue weighted by atomic mass is 32.2. The summed E-state index contributed by atoms with van der Waals surface area (Å²) in [6.07, 6.45) is 2.05. The monoisotopic (exact) mass is 315 g/mol. The fourth-order valence-corrected chi connectivity index (χ4v) is 5.06. The van der Waals surface area contributed by atoms with Crippen LogP contribution in [0.1, 0.15) is 43.8 Å². The zero-order valence-electron chi connectivity index (χ0n) is 12.4. The van der Waals surface area contributed by atoms with Gasteiger partial charge in [-0.3, -0.25) is 0 Å². The van der Waals surface area contributed by atoms with Crippen molar-refractivity contribution in [3.63, 3.8) is 0 Å². The molecule has 21 heavy (non-hydrogen) atoms. The third-order valence-electron chi connectivity index (χ3n) is 4.17. The van der Waals surface area contributed by atoms with Gasteiger partial charge >= 0.3 is 0 Å². The van der Waals surface area contributed by atoms with Crippen LogP contribution in [-0.4, -0.2) is 53.9 Å². The standard InChI is InChI=1S/C13H21N3O4S/c1-3-6-21(17,18)16-8-10(13-14-9(2)15-20-13)7-12-11(16)4-5-19-12/h10-12H,3-8H2,1-2H3/t10-,11-,12-/m0/s1. The lowest BCUT2D eigenvalue weighted by molar-refractivity contribution is 0.0418. The quantitative estimate of drug-likeness (QED) is 0.826. The zero-order valence-corrected chi connectivity index (χ0v) is 13.2. The van der Waals surface area contributed by atoms with E-state index in [1.165, 1.54) is 0 Å². The van der Waals surface area contributed by atoms with E-state index in [0.717, 1.165) is 12.8 Å². The molecule has 0 aliphatic carbocycles. The summed E-state index contributed by atoms with van der Waals surface area (Å²) >= 11 is 0. The molecule has 0 aromatic carbocycles. The molecule has 3 atom stereocenters. The Morgan fingerprint density at radius 3 is 2.90 bits per heavy atom. The highest BCUT2D eigenvalue weighted by Gasteiger charge is 2.46. The first kappa shape index (κ1) is 14.9. The number of hydrogen-bond acceptors (Lipinski definition) is 6. The number of fused-ring (bicyclic) bond motifs is 1. The highest BCUT2D eigenvalue weighted by molar-refractivity contribution is 7.89. The molecule has 0 unspecified atom stereocenters. The van der Waals surface area contributed by atoms with Crippen molar-refractivity contribution in [1.82, 2.24) is 14.4 Å². The van der Waals surface area contributed by atoms with Crippen molar-refractivity contribution in [3.05, 3.63) is 11.7 Å². The Hall–Kier alpha value is -0.990. The van der Waals surface area contributed by atoms with Crippen LogP contribution in [0.2, 0.25) is 0 Å². The molecule has 8 heteroatoms. The van der Waals surface area contributed by atoms with Gasteiger partial charge in [-0.2, -0.15) is 9.29 Å². The first-order chi connectivity index (χ1) is 10.0. The van der Waals surface area contributed by atoms with Crippen LogP contribution in [0, 0.1) is 6.92 Å². The molecule has 3 rings (SSSR count). The van der Waals surface area contributed by atoms with Gasteiger partial charge in [0, 0.05) is 13.2 Å². The predicted octanol–water partition coefficient (Wildman–Crippen LogP) is 1.06. The van der Waals surface area contributed by atoms with Gasteiger partial charge in [-0.15, -0.1) is 0 Å². The molecule has 2 aliphatic heterocycles. The fourth-order valence-electron chi connectivity index (χ4n) is 3.25. The molecule has 2 fully saturated rings. The molecule has 2 aliphatic rings. The lowest BCUT2D eigenvalue weighted by Gasteiger charge is -2.38. The largest absolute Gasteiger partial charge is 0.376 e. The topological polar surface area (TPSA) is 85.5 Å². The van der Waals surface area contributed by atoms with Crippen LogP contribution in [0.25, 0.3) is 0 Å². The number of aryl methyl sites for hydroxylation is 1. The molecule has 118 valence electrons. The molecule has 7 nitrogen and oxygen atoms in total. The van der Waals surface area contributed by atoms with Gasteiger partial charge in [0.1, 0.15) is 0 Å². The Bertz CT molecular complexity index is 600. The van der Waals surface area contributed by atoms with Crippen molar-refractivity contribution in [1.29, 1.82) is 0 Å². The summed E-state index contributed by atoms with van der Waals surface area (Å²) in [7, 11) is -3.26. The van der Waals surface area contributed by atoms with Crippen LogP contribution in [0.4, 0.5) is 0 Å². The summed E-state index contributed by atoms with van der Waals surface area (Å²) in [5.41, 5.74) is 0. The van der Waals surface area contributed by atoms with E-state index >= 15 is 0 Å². The Labute approximate surface area is 124 Å². The average Bonchev–Trinajstić information content (AvgIpc) is 3.05. The number of hydrogen-bond donors (Lipinski definition) is 0. The normalized spacial score (nSPS) is 30.5. The molecule has 0 saturated carbocycles. The molecule has 1 aromatic heterocycles.